The summed E-state index contributed by atoms with van der Waals surface area (Å²) in [6.45, 7) is 4.15. The molecule has 0 unspecified atom stereocenters. The molecule has 0 aliphatic heterocycles. The summed E-state index contributed by atoms with van der Waals surface area (Å²) >= 11 is 0. The highest BCUT2D eigenvalue weighted by Gasteiger charge is 2.31. The second-order valence-electron chi connectivity index (χ2n) is 6.92. The number of rotatable bonds is 11. The van der Waals surface area contributed by atoms with Gasteiger partial charge in [-0.3, -0.25) is 9.78 Å². The number of methoxy groups -OCH3 is 1. The van der Waals surface area contributed by atoms with Gasteiger partial charge < -0.3 is 9.84 Å². The first-order valence-electron chi connectivity index (χ1n) is 8.57. The van der Waals surface area contributed by atoms with Gasteiger partial charge in [-0.15, -0.1) is 0 Å². The second-order valence-corrected chi connectivity index (χ2v) is 6.92. The number of ether oxygens (including phenoxy) is 1. The van der Waals surface area contributed by atoms with E-state index in [1.165, 1.54) is 12.7 Å². The molecule has 1 N–H and O–H groups in total. The van der Waals surface area contributed by atoms with E-state index in [2.05, 4.69) is 11.1 Å². The Bertz CT molecular complexity index is 445. The molecular weight excluding hydrogens is 290 g/mol. The number of carbonyl (C=O) groups excluding carboxylic acids is 1. The Morgan fingerprint density at radius 3 is 2.65 bits per heavy atom. The maximum absolute atomic E-state index is 11.9. The van der Waals surface area contributed by atoms with Crippen LogP contribution in [-0.2, 0) is 16.0 Å². The molecule has 130 valence electrons. The summed E-state index contributed by atoms with van der Waals surface area (Å²) in [7, 11) is 1.45. The Morgan fingerprint density at radius 1 is 1.30 bits per heavy atom. The smallest absolute Gasteiger partial charge is 0.311 e. The average molecular weight is 321 g/mol. The van der Waals surface area contributed by atoms with Crippen molar-refractivity contribution in [1.29, 1.82) is 0 Å². The van der Waals surface area contributed by atoms with Crippen LogP contribution in [0.2, 0.25) is 0 Å². The molecule has 0 aliphatic carbocycles. The molecule has 0 spiro atoms. The number of nitrogens with zero attached hydrogens (tertiary/aromatic N) is 1. The van der Waals surface area contributed by atoms with E-state index in [4.69, 9.17) is 9.84 Å². The predicted molar refractivity (Wildman–Crippen MR) is 92.0 cm³/mol. The molecule has 23 heavy (non-hydrogen) atoms. The highest BCUT2D eigenvalue weighted by atomic mass is 16.5. The quantitative estimate of drug-likeness (QED) is 0.498. The fourth-order valence-electron chi connectivity index (χ4n) is 3.12. The minimum atomic E-state index is -0.451. The van der Waals surface area contributed by atoms with E-state index in [0.717, 1.165) is 44.9 Å². The number of aliphatic hydroxyl groups is 1. The van der Waals surface area contributed by atoms with Crippen molar-refractivity contribution in [2.75, 3.05) is 13.7 Å². The van der Waals surface area contributed by atoms with Crippen LogP contribution in [-0.4, -0.2) is 29.8 Å². The Balaban J connectivity index is 2.52. The van der Waals surface area contributed by atoms with Crippen LogP contribution < -0.4 is 0 Å². The van der Waals surface area contributed by atoms with Crippen molar-refractivity contribution in [2.24, 2.45) is 11.3 Å². The third kappa shape index (κ3) is 7.60. The minimum absolute atomic E-state index is 0.142. The van der Waals surface area contributed by atoms with Crippen LogP contribution in [0.5, 0.6) is 0 Å². The lowest BCUT2D eigenvalue weighted by molar-refractivity contribution is -0.151. The van der Waals surface area contributed by atoms with Crippen molar-refractivity contribution >= 4 is 5.97 Å². The molecule has 1 aromatic heterocycles. The number of hydrogen-bond donors (Lipinski definition) is 1. The Morgan fingerprint density at radius 2 is 2.04 bits per heavy atom. The summed E-state index contributed by atoms with van der Waals surface area (Å²) in [5, 5.41) is 8.98. The van der Waals surface area contributed by atoms with E-state index < -0.39 is 5.41 Å². The molecule has 1 heterocycles. The summed E-state index contributed by atoms with van der Waals surface area (Å²) in [6.07, 6.45) is 10.6. The van der Waals surface area contributed by atoms with Crippen LogP contribution in [0, 0.1) is 11.3 Å². The van der Waals surface area contributed by atoms with Gasteiger partial charge in [0.25, 0.3) is 0 Å². The minimum Gasteiger partial charge on any atom is -0.469 e. The van der Waals surface area contributed by atoms with Gasteiger partial charge in [0.1, 0.15) is 0 Å². The van der Waals surface area contributed by atoms with Crippen molar-refractivity contribution in [3.63, 3.8) is 0 Å². The van der Waals surface area contributed by atoms with E-state index in [1.807, 2.05) is 26.1 Å². The average Bonchev–Trinajstić information content (AvgIpc) is 2.54. The number of carbonyl (C=O) groups is 1. The summed E-state index contributed by atoms with van der Waals surface area (Å²) < 4.78 is 4.93. The number of aromatic nitrogens is 1. The van der Waals surface area contributed by atoms with Gasteiger partial charge in [-0.05, 0) is 57.1 Å². The number of aryl methyl sites for hydroxylation is 1. The van der Waals surface area contributed by atoms with Gasteiger partial charge in [-0.25, -0.2) is 0 Å². The van der Waals surface area contributed by atoms with Gasteiger partial charge in [0, 0.05) is 19.0 Å². The predicted octanol–water partition coefficient (Wildman–Crippen LogP) is 3.77. The zero-order valence-electron chi connectivity index (χ0n) is 14.8. The number of aliphatic hydroxyl groups excluding tert-OH is 1. The Kier molecular flexibility index (Phi) is 8.85. The van der Waals surface area contributed by atoms with Gasteiger partial charge in [-0.1, -0.05) is 25.3 Å². The molecule has 4 nitrogen and oxygen atoms in total. The fraction of sp³-hybridized carbons (Fsp3) is 0.684. The normalized spacial score (nSPS) is 12.9. The third-order valence-electron chi connectivity index (χ3n) is 4.36. The van der Waals surface area contributed by atoms with E-state index in [1.54, 1.807) is 6.20 Å². The van der Waals surface area contributed by atoms with Crippen molar-refractivity contribution in [3.8, 4) is 0 Å². The molecule has 0 radical (unpaired) electrons. The maximum Gasteiger partial charge on any atom is 0.311 e. The summed E-state index contributed by atoms with van der Waals surface area (Å²) in [4.78, 5) is 16.1. The molecule has 0 aromatic carbocycles. The summed E-state index contributed by atoms with van der Waals surface area (Å²) in [5.41, 5.74) is 0.807. The maximum atomic E-state index is 11.9. The standard InChI is InChI=1S/C19H31NO3/c1-19(2,18(22)23-3)14-16(8-4-5-13-21)9-6-10-17-11-7-12-20-15-17/h7,11-12,15-16,21H,4-6,8-10,13-14H2,1-3H3/t16-/m0/s1. The fourth-order valence-corrected chi connectivity index (χ4v) is 3.12. The van der Waals surface area contributed by atoms with E-state index in [-0.39, 0.29) is 12.6 Å². The lowest BCUT2D eigenvalue weighted by Crippen LogP contribution is -2.28. The van der Waals surface area contributed by atoms with Crippen LogP contribution in [0.25, 0.3) is 0 Å². The van der Waals surface area contributed by atoms with E-state index in [0.29, 0.717) is 5.92 Å². The van der Waals surface area contributed by atoms with E-state index in [9.17, 15) is 4.79 Å². The Labute approximate surface area is 140 Å². The SMILES string of the molecule is COC(=O)C(C)(C)C[C@@H](CCCCO)CCCc1cccnc1. The van der Waals surface area contributed by atoms with Gasteiger partial charge in [0.15, 0.2) is 0 Å². The van der Waals surface area contributed by atoms with Gasteiger partial charge in [0.05, 0.1) is 12.5 Å². The largest absolute Gasteiger partial charge is 0.469 e. The van der Waals surface area contributed by atoms with Crippen molar-refractivity contribution in [2.45, 2.75) is 58.8 Å². The molecule has 0 aliphatic rings. The summed E-state index contributed by atoms with van der Waals surface area (Å²) in [5.74, 6) is 0.337. The highest BCUT2D eigenvalue weighted by molar-refractivity contribution is 5.75. The van der Waals surface area contributed by atoms with Gasteiger partial charge in [0.2, 0.25) is 0 Å². The zero-order chi connectivity index (χ0) is 17.1. The second kappa shape index (κ2) is 10.4. The van der Waals surface area contributed by atoms with Crippen LogP contribution in [0.4, 0.5) is 0 Å². The molecule has 4 heteroatoms. The van der Waals surface area contributed by atoms with Crippen LogP contribution in [0.1, 0.15) is 57.9 Å². The number of esters is 1. The topological polar surface area (TPSA) is 59.4 Å². The molecule has 0 fully saturated rings. The monoisotopic (exact) mass is 321 g/mol. The van der Waals surface area contributed by atoms with E-state index >= 15 is 0 Å². The first-order chi connectivity index (χ1) is 11.0. The molecular formula is C19H31NO3. The molecule has 1 rings (SSSR count). The molecule has 1 atom stereocenters. The third-order valence-corrected chi connectivity index (χ3v) is 4.36. The molecule has 0 bridgehead atoms. The number of unbranched alkanes of at least 4 members (excludes halogenated alkanes) is 1. The lowest BCUT2D eigenvalue weighted by atomic mass is 9.78. The first-order valence-corrected chi connectivity index (χ1v) is 8.57. The first kappa shape index (κ1) is 19.6. The summed E-state index contributed by atoms with van der Waals surface area (Å²) in [6, 6.07) is 4.07. The molecule has 0 amide bonds. The number of pyridine rings is 1. The van der Waals surface area contributed by atoms with Crippen molar-refractivity contribution in [3.05, 3.63) is 30.1 Å². The van der Waals surface area contributed by atoms with Crippen molar-refractivity contribution < 1.29 is 14.6 Å². The molecule has 0 saturated carbocycles. The van der Waals surface area contributed by atoms with Gasteiger partial charge in [-0.2, -0.15) is 0 Å². The molecule has 1 aromatic rings. The number of hydrogen-bond acceptors (Lipinski definition) is 4. The zero-order valence-corrected chi connectivity index (χ0v) is 14.8. The van der Waals surface area contributed by atoms with Crippen molar-refractivity contribution in [1.82, 2.24) is 4.98 Å². The highest BCUT2D eigenvalue weighted by Crippen LogP contribution is 2.32. The molecule has 0 saturated heterocycles. The lowest BCUT2D eigenvalue weighted by Gasteiger charge is -2.27. The van der Waals surface area contributed by atoms with Crippen LogP contribution in [0.3, 0.4) is 0 Å². The van der Waals surface area contributed by atoms with Crippen LogP contribution >= 0.6 is 0 Å². The van der Waals surface area contributed by atoms with Gasteiger partial charge >= 0.3 is 5.97 Å². The van der Waals surface area contributed by atoms with Crippen LogP contribution in [0.15, 0.2) is 24.5 Å². The Hall–Kier alpha value is -1.42.